The van der Waals surface area contributed by atoms with Crippen LogP contribution in [0.2, 0.25) is 0 Å². The van der Waals surface area contributed by atoms with Crippen LogP contribution in [0.25, 0.3) is 11.1 Å². The monoisotopic (exact) mass is 784 g/mol. The van der Waals surface area contributed by atoms with Crippen LogP contribution in [0.1, 0.15) is 31.8 Å². The number of ether oxygens (including phenoxy) is 2. The summed E-state index contributed by atoms with van der Waals surface area (Å²) in [5, 5.41) is 0. The van der Waals surface area contributed by atoms with E-state index in [1.54, 1.807) is 172 Å². The zero-order chi connectivity index (χ0) is 40.0. The maximum atomic E-state index is 12.9. The molecule has 0 saturated carbocycles. The van der Waals surface area contributed by atoms with Crippen LogP contribution in [-0.2, 0) is 19.7 Å². The molecule has 0 radical (unpaired) electrons. The van der Waals surface area contributed by atoms with Gasteiger partial charge in [0.2, 0.25) is 0 Å². The second-order valence-corrected chi connectivity index (χ2v) is 16.4. The lowest BCUT2D eigenvalue weighted by Crippen LogP contribution is -2.10. The normalized spacial score (nSPS) is 11.8. The van der Waals surface area contributed by atoms with E-state index in [-0.39, 0.29) is 32.9 Å². The number of sulfone groups is 2. The summed E-state index contributed by atoms with van der Waals surface area (Å²) in [4.78, 5) is 25.8. The highest BCUT2D eigenvalue weighted by atomic mass is 32.2. The molecule has 6 aromatic rings. The summed E-state index contributed by atoms with van der Waals surface area (Å²) in [7, 11) is -4.09. The lowest BCUT2D eigenvalue weighted by atomic mass is 10.0. The van der Waals surface area contributed by atoms with E-state index in [4.69, 9.17) is 9.47 Å². The molecule has 0 unspecified atom stereocenters. The number of allylic oxidation sites excluding steroid dienone is 2. The van der Waals surface area contributed by atoms with Gasteiger partial charge in [-0.2, -0.15) is 0 Å². The molecule has 10 heteroatoms. The number of rotatable bonds is 14. The Morgan fingerprint density at radius 2 is 0.696 bits per heavy atom. The standard InChI is InChI=1S/2C23H20O4S/c2*1-27-21-14-12-18(13-15-21)20(16-23(24)19-8-4-2-5-9-19)17-28(25,26)22-10-6-3-7-11-22/h2*2-16H,17H2,1H3/b2*20-16+. The van der Waals surface area contributed by atoms with Gasteiger partial charge >= 0.3 is 0 Å². The van der Waals surface area contributed by atoms with E-state index in [1.165, 1.54) is 12.2 Å². The largest absolute Gasteiger partial charge is 0.497 e. The third kappa shape index (κ3) is 11.3. The van der Waals surface area contributed by atoms with Crippen LogP contribution < -0.4 is 9.47 Å². The molecule has 0 fully saturated rings. The summed E-state index contributed by atoms with van der Waals surface area (Å²) in [6.45, 7) is 0. The summed E-state index contributed by atoms with van der Waals surface area (Å²) in [5.74, 6) is 0.278. The van der Waals surface area contributed by atoms with E-state index in [0.29, 0.717) is 44.9 Å². The maximum Gasteiger partial charge on any atom is 0.186 e. The first kappa shape index (κ1) is 40.8. The van der Waals surface area contributed by atoms with Gasteiger partial charge in [0.25, 0.3) is 0 Å². The van der Waals surface area contributed by atoms with Crippen molar-refractivity contribution in [2.45, 2.75) is 9.79 Å². The SMILES string of the molecule is COc1ccc(/C(=C/C(=O)c2ccccc2)CS(=O)(=O)c2ccccc2)cc1.COc1ccc(/C(=C/C(=O)c2ccccc2)CS(=O)(=O)c2ccccc2)cc1. The average Bonchev–Trinajstić information content (AvgIpc) is 3.24. The summed E-state index contributed by atoms with van der Waals surface area (Å²) in [6.07, 6.45) is 2.80. The van der Waals surface area contributed by atoms with Crippen LogP contribution in [0.3, 0.4) is 0 Å². The van der Waals surface area contributed by atoms with Crippen LogP contribution in [-0.4, -0.2) is 54.1 Å². The highest BCUT2D eigenvalue weighted by Crippen LogP contribution is 2.26. The number of hydrogen-bond donors (Lipinski definition) is 0. The number of carbonyl (C=O) groups excluding carboxylic acids is 2. The molecule has 0 aliphatic heterocycles. The Morgan fingerprint density at radius 1 is 0.411 bits per heavy atom. The van der Waals surface area contributed by atoms with Crippen molar-refractivity contribution >= 4 is 42.4 Å². The molecule has 0 spiro atoms. The molecule has 56 heavy (non-hydrogen) atoms. The lowest BCUT2D eigenvalue weighted by Gasteiger charge is -2.10. The minimum Gasteiger partial charge on any atom is -0.497 e. The van der Waals surface area contributed by atoms with Gasteiger partial charge < -0.3 is 9.47 Å². The zero-order valence-electron chi connectivity index (χ0n) is 30.8. The first-order chi connectivity index (χ1) is 27.0. The Labute approximate surface area is 328 Å². The minimum absolute atomic E-state index is 0.224. The van der Waals surface area contributed by atoms with Crippen molar-refractivity contribution in [3.8, 4) is 11.5 Å². The molecule has 0 saturated heterocycles. The molecule has 0 aromatic heterocycles. The number of ketones is 2. The lowest BCUT2D eigenvalue weighted by molar-refractivity contribution is 0.103. The van der Waals surface area contributed by atoms with Crippen LogP contribution in [0.15, 0.2) is 192 Å². The van der Waals surface area contributed by atoms with Gasteiger partial charge in [-0.25, -0.2) is 16.8 Å². The van der Waals surface area contributed by atoms with Gasteiger partial charge in [-0.05, 0) is 83.0 Å². The van der Waals surface area contributed by atoms with E-state index in [2.05, 4.69) is 0 Å². The highest BCUT2D eigenvalue weighted by Gasteiger charge is 2.20. The Balaban J connectivity index is 0.000000214. The van der Waals surface area contributed by atoms with Crippen LogP contribution in [0, 0.1) is 0 Å². The van der Waals surface area contributed by atoms with Gasteiger partial charge in [0.1, 0.15) is 11.5 Å². The first-order valence-electron chi connectivity index (χ1n) is 17.4. The fraction of sp³-hybridized carbons (Fsp3) is 0.0870. The second-order valence-electron chi connectivity index (χ2n) is 12.4. The van der Waals surface area contributed by atoms with Crippen molar-refractivity contribution in [1.82, 2.24) is 0 Å². The molecule has 0 aliphatic carbocycles. The molecule has 8 nitrogen and oxygen atoms in total. The third-order valence-electron chi connectivity index (χ3n) is 8.54. The molecular formula is C46H40O8S2. The van der Waals surface area contributed by atoms with E-state index < -0.39 is 19.7 Å². The van der Waals surface area contributed by atoms with Gasteiger partial charge in [0.05, 0.1) is 35.5 Å². The zero-order valence-corrected chi connectivity index (χ0v) is 32.5. The number of carbonyl (C=O) groups is 2. The Bertz CT molecular complexity index is 2320. The summed E-state index contributed by atoms with van der Waals surface area (Å²) in [5.41, 5.74) is 3.19. The smallest absolute Gasteiger partial charge is 0.186 e. The Morgan fingerprint density at radius 3 is 0.982 bits per heavy atom. The van der Waals surface area contributed by atoms with E-state index >= 15 is 0 Å². The fourth-order valence-corrected chi connectivity index (χ4v) is 8.34. The summed E-state index contributed by atoms with van der Waals surface area (Å²) in [6, 6.07) is 48.0. The van der Waals surface area contributed by atoms with Crippen molar-refractivity contribution < 1.29 is 35.9 Å². The molecule has 0 aliphatic rings. The van der Waals surface area contributed by atoms with Crippen molar-refractivity contribution in [3.63, 3.8) is 0 Å². The van der Waals surface area contributed by atoms with Crippen molar-refractivity contribution in [2.24, 2.45) is 0 Å². The Hall–Kier alpha value is -6.36. The second kappa shape index (κ2) is 19.3. The van der Waals surface area contributed by atoms with Gasteiger partial charge in [-0.3, -0.25) is 9.59 Å². The molecule has 0 heterocycles. The van der Waals surface area contributed by atoms with E-state index in [0.717, 1.165) is 0 Å². The number of benzene rings is 6. The highest BCUT2D eigenvalue weighted by molar-refractivity contribution is 7.92. The molecule has 0 N–H and O–H groups in total. The van der Waals surface area contributed by atoms with Crippen molar-refractivity contribution in [1.29, 1.82) is 0 Å². The van der Waals surface area contributed by atoms with Crippen molar-refractivity contribution in [3.05, 3.63) is 204 Å². The minimum atomic E-state index is -3.60. The first-order valence-corrected chi connectivity index (χ1v) is 20.7. The van der Waals surface area contributed by atoms with Crippen LogP contribution >= 0.6 is 0 Å². The molecule has 284 valence electrons. The van der Waals surface area contributed by atoms with Gasteiger partial charge in [-0.15, -0.1) is 0 Å². The molecule has 6 rings (SSSR count). The van der Waals surface area contributed by atoms with Crippen LogP contribution in [0.4, 0.5) is 0 Å². The molecule has 6 aromatic carbocycles. The fourth-order valence-electron chi connectivity index (χ4n) is 5.55. The van der Waals surface area contributed by atoms with E-state index in [1.807, 2.05) is 12.1 Å². The van der Waals surface area contributed by atoms with Gasteiger partial charge in [0.15, 0.2) is 31.2 Å². The van der Waals surface area contributed by atoms with Crippen molar-refractivity contribution in [2.75, 3.05) is 25.7 Å². The number of hydrogen-bond acceptors (Lipinski definition) is 8. The number of methoxy groups -OCH3 is 2. The van der Waals surface area contributed by atoms with Gasteiger partial charge in [-0.1, -0.05) is 121 Å². The third-order valence-corrected chi connectivity index (χ3v) is 11.9. The maximum absolute atomic E-state index is 12.9. The summed E-state index contributed by atoms with van der Waals surface area (Å²) < 4.78 is 61.9. The quantitative estimate of drug-likeness (QED) is 0.0794. The molecule has 0 atom stereocenters. The predicted molar refractivity (Wildman–Crippen MR) is 220 cm³/mol. The molecular weight excluding hydrogens is 745 g/mol. The van der Waals surface area contributed by atoms with Gasteiger partial charge in [0, 0.05) is 11.1 Å². The summed E-state index contributed by atoms with van der Waals surface area (Å²) >= 11 is 0. The molecule has 0 bridgehead atoms. The predicted octanol–water partition coefficient (Wildman–Crippen LogP) is 8.87. The average molecular weight is 785 g/mol. The van der Waals surface area contributed by atoms with E-state index in [9.17, 15) is 26.4 Å². The molecule has 0 amide bonds. The Kier molecular flexibility index (Phi) is 14.1. The topological polar surface area (TPSA) is 121 Å². The van der Waals surface area contributed by atoms with Crippen LogP contribution in [0.5, 0.6) is 11.5 Å².